The van der Waals surface area contributed by atoms with Gasteiger partial charge in [-0.3, -0.25) is 0 Å². The summed E-state index contributed by atoms with van der Waals surface area (Å²) in [4.78, 5) is 4.28. The van der Waals surface area contributed by atoms with Crippen molar-refractivity contribution in [2.75, 3.05) is 0 Å². The second-order valence-electron chi connectivity index (χ2n) is 7.54. The molecule has 1 aliphatic rings. The molecule has 3 nitrogen and oxygen atoms in total. The van der Waals surface area contributed by atoms with Crippen LogP contribution >= 0.6 is 0 Å². The van der Waals surface area contributed by atoms with Crippen molar-refractivity contribution in [2.24, 2.45) is 5.92 Å². The summed E-state index contributed by atoms with van der Waals surface area (Å²) in [5.74, 6) is 1.08. The molecule has 27 heavy (non-hydrogen) atoms. The second-order valence-corrected chi connectivity index (χ2v) is 7.54. The van der Waals surface area contributed by atoms with E-state index >= 15 is 0 Å². The number of hydrogen-bond donors (Lipinski definition) is 0. The maximum atomic E-state index is 10.8. The second kappa shape index (κ2) is 7.47. The molecule has 134 valence electrons. The monoisotopic (exact) mass is 354 g/mol. The molecule has 4 heteroatoms. The van der Waals surface area contributed by atoms with Gasteiger partial charge in [-0.05, 0) is 5.92 Å². The third-order valence-corrected chi connectivity index (χ3v) is 5.15. The third kappa shape index (κ3) is 3.85. The number of nitrogens with zero attached hydrogens (tertiary/aromatic N) is 2. The van der Waals surface area contributed by atoms with E-state index in [1.54, 1.807) is 0 Å². The Morgan fingerprint density at radius 2 is 1.78 bits per heavy atom. The molecule has 2 aromatic heterocycles. The Labute approximate surface area is 160 Å². The van der Waals surface area contributed by atoms with E-state index in [-0.39, 0.29) is 0 Å². The molecule has 0 saturated heterocycles. The summed E-state index contributed by atoms with van der Waals surface area (Å²) >= 11 is 0. The molecule has 1 saturated carbocycles. The van der Waals surface area contributed by atoms with Crippen molar-refractivity contribution in [1.29, 1.82) is 0 Å². The number of fused-ring (bicyclic) bond motifs is 3. The van der Waals surface area contributed by atoms with Gasteiger partial charge in [0.25, 0.3) is 0 Å². The van der Waals surface area contributed by atoms with Crippen LogP contribution in [0.25, 0.3) is 21.8 Å². The van der Waals surface area contributed by atoms with Crippen LogP contribution in [0.3, 0.4) is 0 Å². The molecule has 1 fully saturated rings. The number of aryl methyl sites for hydroxylation is 1. The van der Waals surface area contributed by atoms with Crippen molar-refractivity contribution < 1.29 is 4.70 Å². The fourth-order valence-electron chi connectivity index (χ4n) is 3.27. The zero-order chi connectivity index (χ0) is 18.8. The molecule has 0 atom stereocenters. The molecule has 0 bridgehead atoms. The summed E-state index contributed by atoms with van der Waals surface area (Å²) in [6.45, 7) is 5.16. The molecule has 0 unspecified atom stereocenters. The van der Waals surface area contributed by atoms with Crippen molar-refractivity contribution in [2.45, 2.75) is 33.2 Å². The first-order chi connectivity index (χ1) is 13.2. The van der Waals surface area contributed by atoms with Crippen molar-refractivity contribution >= 4 is 34.4 Å². The number of benzene rings is 2. The average Bonchev–Trinajstić information content (AvgIpc) is 3.43. The standard InChI is InChI=1S/C19H15BN2O.C4H8/c1-13-2-7-16-17-11-21-9-8-18(17)22(19(16)10-13)12-14-3-5-15(20-23)6-4-14;1-4-2-3-4/h2-11H,12H2,1H3;4H,2-3H2,1H3. The van der Waals surface area contributed by atoms with Crippen LogP contribution in [0.2, 0.25) is 0 Å². The van der Waals surface area contributed by atoms with Gasteiger partial charge in [-0.1, -0.05) is 19.8 Å². The summed E-state index contributed by atoms with van der Waals surface area (Å²) in [6.07, 6.45) is 6.74. The summed E-state index contributed by atoms with van der Waals surface area (Å²) < 4.78 is 13.1. The molecule has 4 aromatic rings. The van der Waals surface area contributed by atoms with E-state index in [0.717, 1.165) is 19.6 Å². The van der Waals surface area contributed by atoms with E-state index < -0.39 is 0 Å². The van der Waals surface area contributed by atoms with Crippen LogP contribution in [0.1, 0.15) is 30.9 Å². The molecule has 0 radical (unpaired) electrons. The minimum absolute atomic E-state index is 0.705. The van der Waals surface area contributed by atoms with Gasteiger partial charge in [-0.25, -0.2) is 0 Å². The van der Waals surface area contributed by atoms with Crippen LogP contribution in [0.15, 0.2) is 60.9 Å². The van der Waals surface area contributed by atoms with Crippen LogP contribution in [0.4, 0.5) is 0 Å². The van der Waals surface area contributed by atoms with Gasteiger partial charge in [0, 0.05) is 0 Å². The molecule has 1 aliphatic carbocycles. The van der Waals surface area contributed by atoms with Gasteiger partial charge in [0.05, 0.1) is 0 Å². The van der Waals surface area contributed by atoms with Gasteiger partial charge in [-0.2, -0.15) is 0 Å². The summed E-state index contributed by atoms with van der Waals surface area (Å²) in [5, 5.41) is 2.40. The van der Waals surface area contributed by atoms with E-state index in [2.05, 4.69) is 47.7 Å². The quantitative estimate of drug-likeness (QED) is 0.503. The molecule has 2 heterocycles. The Balaban J connectivity index is 0.000000400. The first-order valence-corrected chi connectivity index (χ1v) is 9.52. The van der Waals surface area contributed by atoms with Gasteiger partial charge in [0.1, 0.15) is 0 Å². The molecule has 5 rings (SSSR count). The molecule has 0 N–H and O–H groups in total. The Kier molecular flexibility index (Phi) is 4.89. The molecule has 2 aromatic carbocycles. The third-order valence-electron chi connectivity index (χ3n) is 5.15. The number of pyridine rings is 1. The van der Waals surface area contributed by atoms with Crippen molar-refractivity contribution in [3.8, 4) is 0 Å². The van der Waals surface area contributed by atoms with Crippen molar-refractivity contribution in [3.63, 3.8) is 0 Å². The number of rotatable bonds is 3. The Hall–Kier alpha value is -2.75. The molecular formula is C23H23BN2O. The maximum absolute atomic E-state index is 10.8. The van der Waals surface area contributed by atoms with E-state index in [1.165, 1.54) is 45.8 Å². The van der Waals surface area contributed by atoms with E-state index in [9.17, 15) is 4.70 Å². The Morgan fingerprint density at radius 1 is 1.04 bits per heavy atom. The fraction of sp³-hybridized carbons (Fsp3) is 0.261. The summed E-state index contributed by atoms with van der Waals surface area (Å²) in [5.41, 5.74) is 5.52. The molecular weight excluding hydrogens is 331 g/mol. The predicted molar refractivity (Wildman–Crippen MR) is 112 cm³/mol. The molecule has 0 spiro atoms. The Morgan fingerprint density at radius 3 is 2.44 bits per heavy atom. The zero-order valence-electron chi connectivity index (χ0n) is 15.9. The summed E-state index contributed by atoms with van der Waals surface area (Å²) in [6, 6.07) is 16.3. The predicted octanol–water partition coefficient (Wildman–Crippen LogP) is 4.64. The minimum atomic E-state index is 0.705. The molecule has 0 aliphatic heterocycles. The van der Waals surface area contributed by atoms with E-state index in [0.29, 0.717) is 5.46 Å². The van der Waals surface area contributed by atoms with E-state index in [4.69, 9.17) is 0 Å². The fourth-order valence-corrected chi connectivity index (χ4v) is 3.27. The van der Waals surface area contributed by atoms with Gasteiger partial charge in [0.2, 0.25) is 0 Å². The average molecular weight is 354 g/mol. The first kappa shape index (κ1) is 17.7. The Bertz CT molecular complexity index is 1090. The van der Waals surface area contributed by atoms with Crippen LogP contribution in [0.5, 0.6) is 0 Å². The zero-order valence-corrected chi connectivity index (χ0v) is 15.9. The van der Waals surface area contributed by atoms with Gasteiger partial charge >= 0.3 is 134 Å². The number of hydrogen-bond acceptors (Lipinski definition) is 2. The SMILES string of the molecule is CC1CC1.Cc1ccc2c3cnccc3n(Cc3ccc(B=O)cc3)c2c1. The van der Waals surface area contributed by atoms with Crippen LogP contribution in [-0.4, -0.2) is 16.7 Å². The van der Waals surface area contributed by atoms with Crippen molar-refractivity contribution in [3.05, 3.63) is 72.1 Å². The number of aromatic nitrogens is 2. The van der Waals surface area contributed by atoms with Crippen LogP contribution in [-0.2, 0) is 11.2 Å². The molecule has 0 amide bonds. The normalized spacial score (nSPS) is 13.3. The van der Waals surface area contributed by atoms with Gasteiger partial charge in [-0.15, -0.1) is 0 Å². The van der Waals surface area contributed by atoms with Crippen LogP contribution < -0.4 is 5.46 Å². The van der Waals surface area contributed by atoms with Crippen LogP contribution in [0, 0.1) is 12.8 Å². The van der Waals surface area contributed by atoms with Gasteiger partial charge < -0.3 is 0 Å². The first-order valence-electron chi connectivity index (χ1n) is 9.52. The van der Waals surface area contributed by atoms with Crippen molar-refractivity contribution in [1.82, 2.24) is 9.55 Å². The van der Waals surface area contributed by atoms with E-state index in [1.807, 2.05) is 36.7 Å². The topological polar surface area (TPSA) is 34.9 Å². The summed E-state index contributed by atoms with van der Waals surface area (Å²) in [7, 11) is 0.874. The van der Waals surface area contributed by atoms with Gasteiger partial charge in [0.15, 0.2) is 0 Å².